The van der Waals surface area contributed by atoms with Gasteiger partial charge < -0.3 is 10.5 Å². The van der Waals surface area contributed by atoms with E-state index in [4.69, 9.17) is 10.5 Å². The molecule has 0 aromatic heterocycles. The van der Waals surface area contributed by atoms with Crippen LogP contribution in [0.15, 0.2) is 18.2 Å². The molecule has 15 heavy (non-hydrogen) atoms. The van der Waals surface area contributed by atoms with Crippen LogP contribution in [0.1, 0.15) is 31.2 Å². The molecule has 1 aliphatic carbocycles. The van der Waals surface area contributed by atoms with Crippen LogP contribution in [0, 0.1) is 12.8 Å². The molecule has 2 nitrogen and oxygen atoms in total. The van der Waals surface area contributed by atoms with Crippen molar-refractivity contribution in [2.45, 2.75) is 32.6 Å². The van der Waals surface area contributed by atoms with Crippen LogP contribution >= 0.6 is 0 Å². The first-order valence-electron chi connectivity index (χ1n) is 5.75. The van der Waals surface area contributed by atoms with Gasteiger partial charge in [0.1, 0.15) is 5.75 Å². The van der Waals surface area contributed by atoms with Crippen molar-refractivity contribution in [3.63, 3.8) is 0 Å². The molecule has 0 bridgehead atoms. The average molecular weight is 205 g/mol. The van der Waals surface area contributed by atoms with Crippen molar-refractivity contribution in [3.05, 3.63) is 23.8 Å². The summed E-state index contributed by atoms with van der Waals surface area (Å²) in [5.41, 5.74) is 7.83. The van der Waals surface area contributed by atoms with E-state index in [9.17, 15) is 0 Å². The largest absolute Gasteiger partial charge is 0.491 e. The molecule has 1 saturated carbocycles. The molecule has 2 N–H and O–H groups in total. The van der Waals surface area contributed by atoms with Gasteiger partial charge in [0, 0.05) is 0 Å². The van der Waals surface area contributed by atoms with Gasteiger partial charge in [0.25, 0.3) is 0 Å². The standard InChI is InChI=1S/C13H19NO/c1-10-5-4-8-12(13(10)14)15-9-11-6-2-3-7-11/h4-5,8,11H,2-3,6-7,9,14H2,1H3. The Kier molecular flexibility index (Phi) is 3.14. The van der Waals surface area contributed by atoms with Crippen LogP contribution in [-0.2, 0) is 0 Å². The highest BCUT2D eigenvalue weighted by Crippen LogP contribution is 2.28. The van der Waals surface area contributed by atoms with Crippen molar-refractivity contribution in [1.29, 1.82) is 0 Å². The van der Waals surface area contributed by atoms with E-state index in [1.165, 1.54) is 25.7 Å². The number of ether oxygens (including phenoxy) is 1. The molecule has 1 aromatic carbocycles. The summed E-state index contributed by atoms with van der Waals surface area (Å²) in [7, 11) is 0. The number of nitrogen functional groups attached to an aromatic ring is 1. The molecule has 2 heteroatoms. The third-order valence-electron chi connectivity index (χ3n) is 3.23. The van der Waals surface area contributed by atoms with E-state index in [-0.39, 0.29) is 0 Å². The topological polar surface area (TPSA) is 35.2 Å². The fourth-order valence-electron chi connectivity index (χ4n) is 2.16. The summed E-state index contributed by atoms with van der Waals surface area (Å²) in [5.74, 6) is 1.59. The lowest BCUT2D eigenvalue weighted by Crippen LogP contribution is -2.09. The molecule has 1 fully saturated rings. The van der Waals surface area contributed by atoms with Gasteiger partial charge in [-0.1, -0.05) is 25.0 Å². The zero-order valence-corrected chi connectivity index (χ0v) is 9.33. The van der Waals surface area contributed by atoms with Crippen molar-refractivity contribution in [1.82, 2.24) is 0 Å². The smallest absolute Gasteiger partial charge is 0.142 e. The molecule has 0 amide bonds. The van der Waals surface area contributed by atoms with E-state index in [1.807, 2.05) is 25.1 Å². The highest BCUT2D eigenvalue weighted by molar-refractivity contribution is 5.57. The number of aryl methyl sites for hydroxylation is 1. The van der Waals surface area contributed by atoms with E-state index in [0.717, 1.165) is 29.5 Å². The number of rotatable bonds is 3. The minimum atomic E-state index is 0.741. The number of hydrogen-bond donors (Lipinski definition) is 1. The summed E-state index contributed by atoms with van der Waals surface area (Å²) >= 11 is 0. The first-order chi connectivity index (χ1) is 7.27. The van der Waals surface area contributed by atoms with E-state index in [2.05, 4.69) is 0 Å². The zero-order chi connectivity index (χ0) is 10.7. The van der Waals surface area contributed by atoms with Crippen molar-refractivity contribution in [3.8, 4) is 5.75 Å². The van der Waals surface area contributed by atoms with Gasteiger partial charge in [0.15, 0.2) is 0 Å². The van der Waals surface area contributed by atoms with Gasteiger partial charge in [0.05, 0.1) is 12.3 Å². The molecular weight excluding hydrogens is 186 g/mol. The molecular formula is C13H19NO. The molecule has 0 aliphatic heterocycles. The maximum Gasteiger partial charge on any atom is 0.142 e. The predicted octanol–water partition coefficient (Wildman–Crippen LogP) is 3.15. The van der Waals surface area contributed by atoms with Crippen LogP contribution in [-0.4, -0.2) is 6.61 Å². The van der Waals surface area contributed by atoms with Crippen molar-refractivity contribution in [2.24, 2.45) is 5.92 Å². The number of para-hydroxylation sites is 1. The van der Waals surface area contributed by atoms with E-state index >= 15 is 0 Å². The fraction of sp³-hybridized carbons (Fsp3) is 0.538. The maximum atomic E-state index is 5.94. The van der Waals surface area contributed by atoms with Crippen molar-refractivity contribution in [2.75, 3.05) is 12.3 Å². The molecule has 1 aliphatic rings. The third kappa shape index (κ3) is 2.44. The average Bonchev–Trinajstić information content (AvgIpc) is 2.73. The monoisotopic (exact) mass is 205 g/mol. The molecule has 0 spiro atoms. The van der Waals surface area contributed by atoms with E-state index in [0.29, 0.717) is 0 Å². The van der Waals surface area contributed by atoms with Gasteiger partial charge >= 0.3 is 0 Å². The lowest BCUT2D eigenvalue weighted by molar-refractivity contribution is 0.253. The van der Waals surface area contributed by atoms with Crippen LogP contribution in [0.25, 0.3) is 0 Å². The Morgan fingerprint density at radius 2 is 2.07 bits per heavy atom. The SMILES string of the molecule is Cc1cccc(OCC2CCCC2)c1N. The summed E-state index contributed by atoms with van der Waals surface area (Å²) < 4.78 is 5.78. The fourth-order valence-corrected chi connectivity index (χ4v) is 2.16. The van der Waals surface area contributed by atoms with Crippen molar-refractivity contribution >= 4 is 5.69 Å². The lowest BCUT2D eigenvalue weighted by atomic mass is 10.1. The molecule has 0 heterocycles. The first-order valence-corrected chi connectivity index (χ1v) is 5.75. The lowest BCUT2D eigenvalue weighted by Gasteiger charge is -2.13. The number of hydrogen-bond acceptors (Lipinski definition) is 2. The Bertz CT molecular complexity index is 329. The van der Waals surface area contributed by atoms with Crippen LogP contribution in [0.2, 0.25) is 0 Å². The van der Waals surface area contributed by atoms with Crippen LogP contribution < -0.4 is 10.5 Å². The molecule has 1 aromatic rings. The third-order valence-corrected chi connectivity index (χ3v) is 3.23. The Morgan fingerprint density at radius 3 is 2.80 bits per heavy atom. The Hall–Kier alpha value is -1.18. The summed E-state index contributed by atoms with van der Waals surface area (Å²) in [4.78, 5) is 0. The maximum absolute atomic E-state index is 5.94. The van der Waals surface area contributed by atoms with Crippen molar-refractivity contribution < 1.29 is 4.74 Å². The zero-order valence-electron chi connectivity index (χ0n) is 9.33. The molecule has 0 atom stereocenters. The van der Waals surface area contributed by atoms with Crippen LogP contribution in [0.4, 0.5) is 5.69 Å². The number of benzene rings is 1. The minimum absolute atomic E-state index is 0.741. The Balaban J connectivity index is 1.95. The van der Waals surface area contributed by atoms with Gasteiger partial charge in [0.2, 0.25) is 0 Å². The normalized spacial score (nSPS) is 16.9. The Morgan fingerprint density at radius 1 is 1.33 bits per heavy atom. The van der Waals surface area contributed by atoms with Gasteiger partial charge in [-0.05, 0) is 37.3 Å². The summed E-state index contributed by atoms with van der Waals surface area (Å²) in [6, 6.07) is 5.96. The number of anilines is 1. The van der Waals surface area contributed by atoms with Gasteiger partial charge in [-0.25, -0.2) is 0 Å². The second kappa shape index (κ2) is 4.56. The number of nitrogens with two attached hydrogens (primary N) is 1. The second-order valence-electron chi connectivity index (χ2n) is 4.45. The van der Waals surface area contributed by atoms with Crippen LogP contribution in [0.3, 0.4) is 0 Å². The predicted molar refractivity (Wildman–Crippen MR) is 63.0 cm³/mol. The molecule has 82 valence electrons. The molecule has 0 saturated heterocycles. The summed E-state index contributed by atoms with van der Waals surface area (Å²) in [6.45, 7) is 2.84. The first kappa shape index (κ1) is 10.3. The van der Waals surface area contributed by atoms with Crippen LogP contribution in [0.5, 0.6) is 5.75 Å². The molecule has 0 unspecified atom stereocenters. The van der Waals surface area contributed by atoms with Gasteiger partial charge in [-0.15, -0.1) is 0 Å². The highest BCUT2D eigenvalue weighted by Gasteiger charge is 2.16. The van der Waals surface area contributed by atoms with Gasteiger partial charge in [-0.3, -0.25) is 0 Å². The Labute approximate surface area is 91.4 Å². The van der Waals surface area contributed by atoms with E-state index < -0.39 is 0 Å². The molecule has 2 rings (SSSR count). The van der Waals surface area contributed by atoms with Gasteiger partial charge in [-0.2, -0.15) is 0 Å². The minimum Gasteiger partial charge on any atom is -0.491 e. The summed E-state index contributed by atoms with van der Waals surface area (Å²) in [5, 5.41) is 0. The molecule has 0 radical (unpaired) electrons. The second-order valence-corrected chi connectivity index (χ2v) is 4.45. The highest BCUT2D eigenvalue weighted by atomic mass is 16.5. The van der Waals surface area contributed by atoms with E-state index in [1.54, 1.807) is 0 Å². The summed E-state index contributed by atoms with van der Waals surface area (Å²) in [6.07, 6.45) is 5.34. The quantitative estimate of drug-likeness (QED) is 0.769.